The third-order valence-electron chi connectivity index (χ3n) is 4.80. The zero-order chi connectivity index (χ0) is 24.6. The van der Waals surface area contributed by atoms with Crippen molar-refractivity contribution < 1.29 is 27.1 Å². The van der Waals surface area contributed by atoms with Gasteiger partial charge in [0.2, 0.25) is 0 Å². The van der Waals surface area contributed by atoms with Crippen LogP contribution in [0.4, 0.5) is 27.6 Å². The molecule has 174 valence electrons. The molecule has 0 fully saturated rings. The van der Waals surface area contributed by atoms with E-state index in [1.54, 1.807) is 0 Å². The molecule has 1 unspecified atom stereocenters. The van der Waals surface area contributed by atoms with Crippen LogP contribution in [-0.4, -0.2) is 34.9 Å². The summed E-state index contributed by atoms with van der Waals surface area (Å²) in [5.74, 6) is -2.47. The zero-order valence-corrected chi connectivity index (χ0v) is 17.1. The maximum atomic E-state index is 14.0. The first-order valence-corrected chi connectivity index (χ1v) is 9.43. The van der Waals surface area contributed by atoms with E-state index in [0.717, 1.165) is 24.0 Å². The molecule has 0 spiro atoms. The molecule has 9 nitrogen and oxygen atoms in total. The number of aliphatic hydroxyl groups is 1. The minimum absolute atomic E-state index is 0.0162. The highest BCUT2D eigenvalue weighted by molar-refractivity contribution is 5.54. The summed E-state index contributed by atoms with van der Waals surface area (Å²) in [6.07, 6.45) is -2.31. The van der Waals surface area contributed by atoms with Crippen LogP contribution in [0, 0.1) is 29.9 Å². The average Bonchev–Trinajstić information content (AvgIpc) is 3.47. The maximum absolute atomic E-state index is 14.0. The quantitative estimate of drug-likeness (QED) is 0.335. The molecule has 4 aromatic rings. The molecule has 4 rings (SSSR count). The van der Waals surface area contributed by atoms with Gasteiger partial charge in [-0.25, -0.2) is 18.4 Å². The van der Waals surface area contributed by atoms with Gasteiger partial charge >= 0.3 is 6.18 Å². The molecule has 14 heteroatoms. The second-order valence-corrected chi connectivity index (χ2v) is 6.94. The molecular formula is C20H13F5N8O. The number of halogens is 5. The van der Waals surface area contributed by atoms with E-state index in [1.807, 2.05) is 6.07 Å². The number of benzene rings is 1. The second-order valence-electron chi connectivity index (χ2n) is 6.94. The van der Waals surface area contributed by atoms with Crippen molar-refractivity contribution in [2.45, 2.75) is 19.3 Å². The van der Waals surface area contributed by atoms with Gasteiger partial charge in [-0.2, -0.15) is 33.7 Å². The number of hydrogen-bond acceptors (Lipinski definition) is 7. The van der Waals surface area contributed by atoms with Crippen LogP contribution in [0.15, 0.2) is 43.0 Å². The molecule has 1 aromatic carbocycles. The number of nitrogens with zero attached hydrogens (tertiary/aromatic N) is 7. The smallest absolute Gasteiger partial charge is 0.369 e. The molecule has 0 radical (unpaired) electrons. The molecule has 0 saturated carbocycles. The molecule has 0 amide bonds. The van der Waals surface area contributed by atoms with Gasteiger partial charge in [0, 0.05) is 5.56 Å². The Kier molecular flexibility index (Phi) is 5.71. The number of rotatable bonds is 5. The highest BCUT2D eigenvalue weighted by atomic mass is 19.4. The van der Waals surface area contributed by atoms with Crippen LogP contribution in [0.2, 0.25) is 0 Å². The van der Waals surface area contributed by atoms with Crippen molar-refractivity contribution in [3.8, 4) is 17.6 Å². The van der Waals surface area contributed by atoms with E-state index in [4.69, 9.17) is 0 Å². The van der Waals surface area contributed by atoms with E-state index in [2.05, 4.69) is 25.6 Å². The summed E-state index contributed by atoms with van der Waals surface area (Å²) in [6, 6.07) is 4.74. The van der Waals surface area contributed by atoms with Crippen LogP contribution in [0.5, 0.6) is 0 Å². The zero-order valence-electron chi connectivity index (χ0n) is 17.1. The van der Waals surface area contributed by atoms with Gasteiger partial charge in [0.25, 0.3) is 0 Å². The lowest BCUT2D eigenvalue weighted by Gasteiger charge is -2.18. The van der Waals surface area contributed by atoms with Crippen LogP contribution in [-0.2, 0) is 6.18 Å². The largest absolute Gasteiger partial charge is 0.433 e. The molecule has 2 N–H and O–H groups in total. The van der Waals surface area contributed by atoms with Gasteiger partial charge in [-0.15, -0.1) is 4.80 Å². The van der Waals surface area contributed by atoms with Gasteiger partial charge in [0.05, 0.1) is 41.7 Å². The van der Waals surface area contributed by atoms with Gasteiger partial charge in [-0.05, 0) is 25.1 Å². The first-order chi connectivity index (χ1) is 16.1. The third kappa shape index (κ3) is 4.04. The monoisotopic (exact) mass is 476 g/mol. The molecule has 1 atom stereocenters. The Morgan fingerprint density at radius 1 is 1.12 bits per heavy atom. The normalized spacial score (nSPS) is 12.4. The van der Waals surface area contributed by atoms with Crippen molar-refractivity contribution in [3.63, 3.8) is 0 Å². The predicted octanol–water partition coefficient (Wildman–Crippen LogP) is 3.43. The van der Waals surface area contributed by atoms with E-state index in [0.29, 0.717) is 10.7 Å². The minimum atomic E-state index is -5.02. The summed E-state index contributed by atoms with van der Waals surface area (Å²) in [4.78, 5) is 5.09. The summed E-state index contributed by atoms with van der Waals surface area (Å²) in [5.41, 5.74) is -2.83. The lowest BCUT2D eigenvalue weighted by Crippen LogP contribution is -2.20. The van der Waals surface area contributed by atoms with E-state index in [-0.39, 0.29) is 22.8 Å². The molecule has 0 aliphatic carbocycles. The number of hydrogen-bond donors (Lipinski definition) is 2. The minimum Gasteiger partial charge on any atom is -0.369 e. The topological polar surface area (TPSA) is 117 Å². The Hall–Kier alpha value is -4.38. The van der Waals surface area contributed by atoms with Crippen molar-refractivity contribution >= 4 is 5.69 Å². The number of alkyl halides is 3. The van der Waals surface area contributed by atoms with Crippen molar-refractivity contribution in [2.24, 2.45) is 0 Å². The Balaban J connectivity index is 1.72. The highest BCUT2D eigenvalue weighted by Crippen LogP contribution is 2.37. The molecule has 0 aliphatic rings. The van der Waals surface area contributed by atoms with E-state index in [9.17, 15) is 32.3 Å². The molecular weight excluding hydrogens is 463 g/mol. The number of nitrogens with one attached hydrogen (secondary N) is 1. The molecule has 3 heterocycles. The van der Waals surface area contributed by atoms with Crippen LogP contribution in [0.25, 0.3) is 11.5 Å². The number of anilines is 1. The first-order valence-electron chi connectivity index (χ1n) is 9.43. The van der Waals surface area contributed by atoms with E-state index >= 15 is 0 Å². The van der Waals surface area contributed by atoms with Gasteiger partial charge < -0.3 is 10.4 Å². The molecule has 3 aromatic heterocycles. The maximum Gasteiger partial charge on any atom is 0.433 e. The number of pyridine rings is 1. The number of nitriles is 1. The molecule has 34 heavy (non-hydrogen) atoms. The lowest BCUT2D eigenvalue weighted by atomic mass is 10.1. The van der Waals surface area contributed by atoms with Crippen LogP contribution >= 0.6 is 0 Å². The summed E-state index contributed by atoms with van der Waals surface area (Å²) >= 11 is 0. The Bertz CT molecular complexity index is 1390. The Morgan fingerprint density at radius 3 is 2.47 bits per heavy atom. The summed E-state index contributed by atoms with van der Waals surface area (Å²) in [7, 11) is 0. The fraction of sp³-hybridized carbons (Fsp3) is 0.150. The fourth-order valence-corrected chi connectivity index (χ4v) is 3.24. The molecule has 0 saturated heterocycles. The van der Waals surface area contributed by atoms with Crippen molar-refractivity contribution in [3.05, 3.63) is 77.0 Å². The second kappa shape index (κ2) is 8.52. The SMILES string of the molecule is Cc1c(-n2ncc(C(O)Nc3cnc(-n4nccn4)c(C#N)c3)c2C(F)(F)F)ccc(F)c1F. The van der Waals surface area contributed by atoms with E-state index < -0.39 is 40.9 Å². The predicted molar refractivity (Wildman–Crippen MR) is 106 cm³/mol. The van der Waals surface area contributed by atoms with Gasteiger partial charge in [-0.3, -0.25) is 0 Å². The van der Waals surface area contributed by atoms with Crippen molar-refractivity contribution in [2.75, 3.05) is 5.32 Å². The van der Waals surface area contributed by atoms with Crippen molar-refractivity contribution in [1.82, 2.24) is 29.8 Å². The standard InChI is InChI=1S/C20H13F5N8O/c1-10-15(3-2-14(21)16(10)22)32-17(20(23,24)25)13(9-30-32)19(34)31-12-6-11(7-26)18(27-8-12)33-28-4-5-29-33/h2-6,8-9,19,31,34H,1H3. The summed E-state index contributed by atoms with van der Waals surface area (Å²) in [6.45, 7) is 1.11. The Labute approximate surface area is 187 Å². The van der Waals surface area contributed by atoms with Gasteiger partial charge in [0.15, 0.2) is 29.4 Å². The fourth-order valence-electron chi connectivity index (χ4n) is 3.24. The highest BCUT2D eigenvalue weighted by Gasteiger charge is 2.41. The number of aliphatic hydroxyl groups excluding tert-OH is 1. The molecule has 0 aliphatic heterocycles. The third-order valence-corrected chi connectivity index (χ3v) is 4.80. The van der Waals surface area contributed by atoms with Crippen molar-refractivity contribution in [1.29, 1.82) is 5.26 Å². The van der Waals surface area contributed by atoms with E-state index in [1.165, 1.54) is 24.7 Å². The number of aromatic nitrogens is 6. The van der Waals surface area contributed by atoms with Gasteiger partial charge in [0.1, 0.15) is 11.6 Å². The average molecular weight is 476 g/mol. The summed E-state index contributed by atoms with van der Waals surface area (Å²) in [5, 5.41) is 33.7. The first kappa shape index (κ1) is 22.8. The van der Waals surface area contributed by atoms with Crippen LogP contribution in [0.3, 0.4) is 0 Å². The Morgan fingerprint density at radius 2 is 1.82 bits per heavy atom. The van der Waals surface area contributed by atoms with Gasteiger partial charge in [-0.1, -0.05) is 0 Å². The summed E-state index contributed by atoms with van der Waals surface area (Å²) < 4.78 is 69.6. The van der Waals surface area contributed by atoms with Crippen LogP contribution < -0.4 is 5.32 Å². The van der Waals surface area contributed by atoms with Crippen LogP contribution in [0.1, 0.15) is 28.6 Å². The lowest BCUT2D eigenvalue weighted by molar-refractivity contribution is -0.144. The molecule has 0 bridgehead atoms.